The van der Waals surface area contributed by atoms with E-state index >= 15 is 0 Å². The zero-order valence-electron chi connectivity index (χ0n) is 28.7. The molecule has 48 heavy (non-hydrogen) atoms. The summed E-state index contributed by atoms with van der Waals surface area (Å²) in [6.07, 6.45) is 3.96. The zero-order valence-corrected chi connectivity index (χ0v) is 28.7. The van der Waals surface area contributed by atoms with Crippen LogP contribution in [-0.4, -0.2) is 65.0 Å². The maximum Gasteiger partial charge on any atom is 0.481 e. The lowest BCUT2D eigenvalue weighted by Crippen LogP contribution is -2.65. The summed E-state index contributed by atoms with van der Waals surface area (Å²) in [5.74, 6) is -0.615. The molecule has 0 radical (unpaired) electrons. The third kappa shape index (κ3) is 6.76. The summed E-state index contributed by atoms with van der Waals surface area (Å²) in [5.41, 5.74) is 2.75. The van der Waals surface area contributed by atoms with Crippen LogP contribution < -0.4 is 16.0 Å². The lowest BCUT2D eigenvalue weighted by molar-refractivity contribution is -0.199. The molecule has 2 aromatic carbocycles. The molecule has 3 amide bonds. The monoisotopic (exact) mass is 651 g/mol. The molecule has 3 saturated carbocycles. The first-order valence-corrected chi connectivity index (χ1v) is 17.0. The average molecular weight is 652 g/mol. The van der Waals surface area contributed by atoms with Crippen LogP contribution in [0.2, 0.25) is 0 Å². The minimum atomic E-state index is -1.11. The minimum absolute atomic E-state index is 0.0355. The number of hydrogen-bond acceptors (Lipinski definition) is 7. The SMILES string of the molecule is Cc1ccc(C(=O)NC[C@H](NC(=O)c2cc(-c3ccccc3)ncn2)C(=O)N[C@@H](CC(C)C)B2OC3C[C@@H]4C[C@@H](C4(C)C)[C@]3(C)O2)cc1. The maximum atomic E-state index is 14.1. The molecule has 7 rings (SSSR count). The second-order valence-electron chi connectivity index (χ2n) is 14.8. The van der Waals surface area contributed by atoms with E-state index in [0.717, 1.165) is 24.0 Å². The molecule has 3 aliphatic carbocycles. The number of nitrogens with one attached hydrogen (secondary N) is 3. The van der Waals surface area contributed by atoms with Gasteiger partial charge in [0.15, 0.2) is 0 Å². The molecule has 1 aliphatic heterocycles. The van der Waals surface area contributed by atoms with Gasteiger partial charge in [0, 0.05) is 17.7 Å². The Labute approximate surface area is 283 Å². The summed E-state index contributed by atoms with van der Waals surface area (Å²) in [7, 11) is -0.629. The fourth-order valence-electron chi connectivity index (χ4n) is 7.79. The van der Waals surface area contributed by atoms with Gasteiger partial charge < -0.3 is 25.3 Å². The van der Waals surface area contributed by atoms with E-state index in [-0.39, 0.29) is 35.6 Å². The van der Waals surface area contributed by atoms with E-state index < -0.39 is 36.5 Å². The van der Waals surface area contributed by atoms with E-state index in [0.29, 0.717) is 29.5 Å². The van der Waals surface area contributed by atoms with Gasteiger partial charge in [-0.25, -0.2) is 9.97 Å². The highest BCUT2D eigenvalue weighted by Crippen LogP contribution is 2.65. The van der Waals surface area contributed by atoms with E-state index in [1.165, 1.54) is 6.33 Å². The van der Waals surface area contributed by atoms with E-state index in [1.54, 1.807) is 18.2 Å². The van der Waals surface area contributed by atoms with Gasteiger partial charge in [0.25, 0.3) is 11.8 Å². The number of carbonyl (C=O) groups is 3. The third-order valence-electron chi connectivity index (χ3n) is 10.7. The van der Waals surface area contributed by atoms with Crippen molar-refractivity contribution in [2.45, 2.75) is 84.5 Å². The molecule has 3 aromatic rings. The zero-order chi connectivity index (χ0) is 34.2. The van der Waals surface area contributed by atoms with E-state index in [2.05, 4.69) is 60.5 Å². The second-order valence-corrected chi connectivity index (χ2v) is 14.8. The molecule has 6 atom stereocenters. The Kier molecular flexibility index (Phi) is 9.46. The first-order valence-electron chi connectivity index (χ1n) is 17.0. The minimum Gasteiger partial charge on any atom is -0.404 e. The van der Waals surface area contributed by atoms with Crippen LogP contribution in [0.25, 0.3) is 11.3 Å². The molecule has 2 heterocycles. The maximum absolute atomic E-state index is 14.1. The van der Waals surface area contributed by atoms with Crippen LogP contribution >= 0.6 is 0 Å². The summed E-state index contributed by atoms with van der Waals surface area (Å²) in [5, 5.41) is 8.80. The van der Waals surface area contributed by atoms with Crippen LogP contribution in [0.1, 0.15) is 80.3 Å². The lowest BCUT2D eigenvalue weighted by Gasteiger charge is -2.64. The van der Waals surface area contributed by atoms with Crippen molar-refractivity contribution in [1.82, 2.24) is 25.9 Å². The van der Waals surface area contributed by atoms with Crippen molar-refractivity contribution >= 4 is 24.8 Å². The smallest absolute Gasteiger partial charge is 0.404 e. The van der Waals surface area contributed by atoms with Crippen LogP contribution in [0.3, 0.4) is 0 Å². The third-order valence-corrected chi connectivity index (χ3v) is 10.7. The number of amides is 3. The Morgan fingerprint density at radius 3 is 2.38 bits per heavy atom. The van der Waals surface area contributed by atoms with Gasteiger partial charge in [0.05, 0.1) is 23.3 Å². The van der Waals surface area contributed by atoms with E-state index in [9.17, 15) is 14.4 Å². The molecule has 3 N–H and O–H groups in total. The molecule has 1 aromatic heterocycles. The Morgan fingerprint density at radius 1 is 0.958 bits per heavy atom. The van der Waals surface area contributed by atoms with Crippen molar-refractivity contribution in [3.8, 4) is 11.3 Å². The van der Waals surface area contributed by atoms with Crippen LogP contribution in [0.4, 0.5) is 0 Å². The number of nitrogens with zero attached hydrogens (tertiary/aromatic N) is 2. The fraction of sp³-hybridized carbons (Fsp3) is 0.486. The first kappa shape index (κ1) is 33.8. The highest BCUT2D eigenvalue weighted by Gasteiger charge is 2.68. The van der Waals surface area contributed by atoms with E-state index in [4.69, 9.17) is 9.31 Å². The number of benzene rings is 2. The van der Waals surface area contributed by atoms with Gasteiger partial charge in [0.2, 0.25) is 5.91 Å². The molecule has 4 aliphatic rings. The number of rotatable bonds is 11. The molecular weight excluding hydrogens is 605 g/mol. The molecule has 1 saturated heterocycles. The van der Waals surface area contributed by atoms with Crippen LogP contribution in [0.5, 0.6) is 0 Å². The Bertz CT molecular complexity index is 1650. The standard InChI is InChI=1S/C37H46BN5O5/c1-22(2)16-32(38-47-31-18-26-17-30(36(26,4)5)37(31,6)48-38)43-35(46)29(20-39-33(44)25-14-12-23(3)13-15-25)42-34(45)28-19-27(40-21-41-28)24-10-8-7-9-11-24/h7-15,19,21-22,26,29-32H,16-18,20H2,1-6H3,(H,39,44)(H,42,45)(H,43,46)/t26-,29-,30-,31?,32-,37-/m0/s1. The van der Waals surface area contributed by atoms with Crippen LogP contribution in [0, 0.1) is 30.1 Å². The number of aromatic nitrogens is 2. The van der Waals surface area contributed by atoms with E-state index in [1.807, 2.05) is 49.4 Å². The Morgan fingerprint density at radius 2 is 1.69 bits per heavy atom. The Balaban J connectivity index is 1.21. The van der Waals surface area contributed by atoms with Gasteiger partial charge in [-0.1, -0.05) is 75.7 Å². The van der Waals surface area contributed by atoms with Crippen molar-refractivity contribution in [1.29, 1.82) is 0 Å². The molecule has 4 fully saturated rings. The van der Waals surface area contributed by atoms with Gasteiger partial charge in [-0.3, -0.25) is 14.4 Å². The molecular formula is C37H46BN5O5. The molecule has 1 unspecified atom stereocenters. The normalized spacial score (nSPS) is 25.0. The van der Waals surface area contributed by atoms with Gasteiger partial charge in [-0.2, -0.15) is 0 Å². The first-order chi connectivity index (χ1) is 22.8. The van der Waals surface area contributed by atoms with Gasteiger partial charge in [0.1, 0.15) is 18.1 Å². The highest BCUT2D eigenvalue weighted by molar-refractivity contribution is 6.48. The fourth-order valence-corrected chi connectivity index (χ4v) is 7.79. The summed E-state index contributed by atoms with van der Waals surface area (Å²) < 4.78 is 13.3. The van der Waals surface area contributed by atoms with Crippen LogP contribution in [0.15, 0.2) is 67.0 Å². The predicted octanol–water partition coefficient (Wildman–Crippen LogP) is 4.78. The Hall–Kier alpha value is -4.09. The van der Waals surface area contributed by atoms with Crippen molar-refractivity contribution in [3.05, 3.63) is 83.8 Å². The van der Waals surface area contributed by atoms with Crippen molar-refractivity contribution in [2.24, 2.45) is 23.2 Å². The predicted molar refractivity (Wildman–Crippen MR) is 184 cm³/mol. The summed E-state index contributed by atoms with van der Waals surface area (Å²) in [6.45, 7) is 12.8. The number of hydrogen-bond donors (Lipinski definition) is 3. The number of carbonyl (C=O) groups excluding carboxylic acids is 3. The lowest BCUT2D eigenvalue weighted by atomic mass is 9.43. The molecule has 252 valence electrons. The summed E-state index contributed by atoms with van der Waals surface area (Å²) in [6, 6.07) is 17.1. The van der Waals surface area contributed by atoms with Crippen molar-refractivity contribution in [2.75, 3.05) is 6.54 Å². The van der Waals surface area contributed by atoms with Gasteiger partial charge in [-0.05, 0) is 74.5 Å². The highest BCUT2D eigenvalue weighted by atomic mass is 16.7. The van der Waals surface area contributed by atoms with Crippen molar-refractivity contribution in [3.63, 3.8) is 0 Å². The largest absolute Gasteiger partial charge is 0.481 e. The molecule has 11 heteroatoms. The van der Waals surface area contributed by atoms with Gasteiger partial charge >= 0.3 is 7.12 Å². The summed E-state index contributed by atoms with van der Waals surface area (Å²) >= 11 is 0. The quantitative estimate of drug-likeness (QED) is 0.255. The topological polar surface area (TPSA) is 132 Å². The summed E-state index contributed by atoms with van der Waals surface area (Å²) in [4.78, 5) is 49.2. The average Bonchev–Trinajstić information content (AvgIpc) is 3.44. The number of aryl methyl sites for hydroxylation is 1. The van der Waals surface area contributed by atoms with Crippen LogP contribution in [-0.2, 0) is 14.1 Å². The van der Waals surface area contributed by atoms with Gasteiger partial charge in [-0.15, -0.1) is 0 Å². The van der Waals surface area contributed by atoms with Crippen molar-refractivity contribution < 1.29 is 23.7 Å². The second kappa shape index (κ2) is 13.4. The molecule has 2 bridgehead atoms. The molecule has 10 nitrogen and oxygen atoms in total. The molecule has 0 spiro atoms.